The number of hydrogen-bond donors (Lipinski definition) is 3. The average molecular weight is 270 g/mol. The smallest absolute Gasteiger partial charge is 0.328 e. The van der Waals surface area contributed by atoms with Crippen molar-refractivity contribution >= 4 is 12.0 Å². The first kappa shape index (κ1) is 14.9. The Kier molecular flexibility index (Phi) is 5.25. The highest BCUT2D eigenvalue weighted by molar-refractivity contribution is 5.82. The largest absolute Gasteiger partial charge is 0.480 e. The molecule has 0 saturated carbocycles. The first-order chi connectivity index (χ1) is 8.93. The number of aliphatic hydroxyl groups excluding tert-OH is 1. The number of urea groups is 1. The Bertz CT molecular complexity index is 450. The number of hydrogen-bond acceptors (Lipinski definition) is 3. The Morgan fingerprint density at radius 3 is 2.42 bits per heavy atom. The van der Waals surface area contributed by atoms with E-state index < -0.39 is 24.6 Å². The van der Waals surface area contributed by atoms with E-state index >= 15 is 0 Å². The lowest BCUT2D eigenvalue weighted by Crippen LogP contribution is -2.48. The minimum atomic E-state index is -1.34. The van der Waals surface area contributed by atoms with E-state index in [1.54, 1.807) is 0 Å². The molecule has 0 bridgehead atoms. The monoisotopic (exact) mass is 270 g/mol. The number of carboxylic acids is 1. The van der Waals surface area contributed by atoms with Gasteiger partial charge in [-0.25, -0.2) is 14.0 Å². The lowest BCUT2D eigenvalue weighted by atomic mass is 10.2. The minimum Gasteiger partial charge on any atom is -0.480 e. The topological polar surface area (TPSA) is 89.9 Å². The zero-order valence-electron chi connectivity index (χ0n) is 10.3. The molecule has 2 amide bonds. The number of carboxylic acid groups (broad SMARTS) is 1. The Morgan fingerprint density at radius 2 is 1.95 bits per heavy atom. The van der Waals surface area contributed by atoms with E-state index in [9.17, 15) is 14.0 Å². The maximum absolute atomic E-state index is 12.7. The second-order valence-corrected chi connectivity index (χ2v) is 4.01. The van der Waals surface area contributed by atoms with Crippen LogP contribution in [0.15, 0.2) is 24.3 Å². The molecule has 0 saturated heterocycles. The van der Waals surface area contributed by atoms with Crippen LogP contribution in [-0.4, -0.2) is 46.8 Å². The molecule has 1 aromatic rings. The highest BCUT2D eigenvalue weighted by Crippen LogP contribution is 2.05. The number of aliphatic carboxylic acids is 1. The summed E-state index contributed by atoms with van der Waals surface area (Å²) in [6.45, 7) is -0.491. The van der Waals surface area contributed by atoms with Crippen molar-refractivity contribution < 1.29 is 24.2 Å². The third-order valence-electron chi connectivity index (χ3n) is 2.46. The highest BCUT2D eigenvalue weighted by atomic mass is 19.1. The molecule has 0 heterocycles. The molecule has 1 rings (SSSR count). The lowest BCUT2D eigenvalue weighted by molar-refractivity contribution is -0.140. The fourth-order valence-electron chi connectivity index (χ4n) is 1.38. The Morgan fingerprint density at radius 1 is 1.37 bits per heavy atom. The van der Waals surface area contributed by atoms with Crippen molar-refractivity contribution in [2.45, 2.75) is 12.6 Å². The first-order valence-corrected chi connectivity index (χ1v) is 5.53. The zero-order chi connectivity index (χ0) is 14.4. The van der Waals surface area contributed by atoms with Gasteiger partial charge in [0.1, 0.15) is 5.82 Å². The van der Waals surface area contributed by atoms with Crippen molar-refractivity contribution in [1.29, 1.82) is 0 Å². The molecular weight excluding hydrogens is 255 g/mol. The SMILES string of the molecule is CN(Cc1ccc(F)cc1)C(=O)NC(CO)C(=O)O. The molecule has 1 atom stereocenters. The van der Waals surface area contributed by atoms with Gasteiger partial charge in [0.2, 0.25) is 0 Å². The van der Waals surface area contributed by atoms with Gasteiger partial charge < -0.3 is 20.4 Å². The van der Waals surface area contributed by atoms with E-state index in [1.165, 1.54) is 36.2 Å². The van der Waals surface area contributed by atoms with Gasteiger partial charge in [0.05, 0.1) is 6.61 Å². The van der Waals surface area contributed by atoms with Gasteiger partial charge in [-0.3, -0.25) is 0 Å². The summed E-state index contributed by atoms with van der Waals surface area (Å²) >= 11 is 0. The van der Waals surface area contributed by atoms with Crippen LogP contribution in [0.25, 0.3) is 0 Å². The van der Waals surface area contributed by atoms with Gasteiger partial charge in [-0.2, -0.15) is 0 Å². The van der Waals surface area contributed by atoms with Crippen molar-refractivity contribution in [3.05, 3.63) is 35.6 Å². The van der Waals surface area contributed by atoms with Crippen LogP contribution in [0.2, 0.25) is 0 Å². The maximum Gasteiger partial charge on any atom is 0.328 e. The van der Waals surface area contributed by atoms with Crippen molar-refractivity contribution in [2.75, 3.05) is 13.7 Å². The van der Waals surface area contributed by atoms with Crippen LogP contribution in [0.5, 0.6) is 0 Å². The average Bonchev–Trinajstić information content (AvgIpc) is 2.37. The molecule has 1 unspecified atom stereocenters. The number of rotatable bonds is 5. The first-order valence-electron chi connectivity index (χ1n) is 5.53. The van der Waals surface area contributed by atoms with Gasteiger partial charge in [-0.15, -0.1) is 0 Å². The van der Waals surface area contributed by atoms with Gasteiger partial charge in [0.25, 0.3) is 0 Å². The third-order valence-corrected chi connectivity index (χ3v) is 2.46. The molecule has 7 heteroatoms. The van der Waals surface area contributed by atoms with Crippen LogP contribution in [-0.2, 0) is 11.3 Å². The normalized spacial score (nSPS) is 11.7. The molecule has 19 heavy (non-hydrogen) atoms. The third kappa shape index (κ3) is 4.55. The summed E-state index contributed by atoms with van der Waals surface area (Å²) in [5.41, 5.74) is 0.704. The zero-order valence-corrected chi connectivity index (χ0v) is 10.3. The van der Waals surface area contributed by atoms with E-state index in [4.69, 9.17) is 10.2 Å². The quantitative estimate of drug-likeness (QED) is 0.723. The van der Waals surface area contributed by atoms with Crippen LogP contribution < -0.4 is 5.32 Å². The number of benzene rings is 1. The van der Waals surface area contributed by atoms with E-state index in [-0.39, 0.29) is 12.4 Å². The molecule has 0 aliphatic heterocycles. The fourth-order valence-corrected chi connectivity index (χ4v) is 1.38. The molecule has 0 aromatic heterocycles. The number of aliphatic hydroxyl groups is 1. The van der Waals surface area contributed by atoms with Gasteiger partial charge in [0, 0.05) is 13.6 Å². The number of carbonyl (C=O) groups is 2. The summed E-state index contributed by atoms with van der Waals surface area (Å²) in [6.07, 6.45) is 0. The molecule has 0 fully saturated rings. The lowest BCUT2D eigenvalue weighted by Gasteiger charge is -2.20. The molecule has 0 radical (unpaired) electrons. The van der Waals surface area contributed by atoms with Gasteiger partial charge in [-0.1, -0.05) is 12.1 Å². The van der Waals surface area contributed by atoms with Crippen LogP contribution in [0.1, 0.15) is 5.56 Å². The van der Waals surface area contributed by atoms with E-state index in [2.05, 4.69) is 5.32 Å². The molecule has 104 valence electrons. The van der Waals surface area contributed by atoms with Crippen LogP contribution in [0.4, 0.5) is 9.18 Å². The van der Waals surface area contributed by atoms with Crippen molar-refractivity contribution in [3.8, 4) is 0 Å². The highest BCUT2D eigenvalue weighted by Gasteiger charge is 2.20. The Labute approximate surface area is 109 Å². The second-order valence-electron chi connectivity index (χ2n) is 4.01. The fraction of sp³-hybridized carbons (Fsp3) is 0.333. The minimum absolute atomic E-state index is 0.198. The Balaban J connectivity index is 2.57. The predicted molar refractivity (Wildman–Crippen MR) is 64.9 cm³/mol. The van der Waals surface area contributed by atoms with Crippen LogP contribution in [0, 0.1) is 5.82 Å². The number of amides is 2. The predicted octanol–water partition coefficient (Wildman–Crippen LogP) is 0.413. The summed E-state index contributed by atoms with van der Waals surface area (Å²) < 4.78 is 12.7. The van der Waals surface area contributed by atoms with Gasteiger partial charge in [-0.05, 0) is 17.7 Å². The summed E-state index contributed by atoms with van der Waals surface area (Å²) in [7, 11) is 1.47. The summed E-state index contributed by atoms with van der Waals surface area (Å²) in [4.78, 5) is 23.5. The summed E-state index contributed by atoms with van der Waals surface area (Å²) in [5.74, 6) is -1.69. The molecular formula is C12H15FN2O4. The molecule has 0 aliphatic carbocycles. The summed E-state index contributed by atoms with van der Waals surface area (Å²) in [6, 6.07) is 3.62. The number of nitrogens with zero attached hydrogens (tertiary/aromatic N) is 1. The number of carbonyl (C=O) groups excluding carboxylic acids is 1. The molecule has 0 spiro atoms. The molecule has 1 aromatic carbocycles. The maximum atomic E-state index is 12.7. The Hall–Kier alpha value is -2.15. The standard InChI is InChI=1S/C12H15FN2O4/c1-15(6-8-2-4-9(13)5-3-8)12(19)14-10(7-16)11(17)18/h2-5,10,16H,6-7H2,1H3,(H,14,19)(H,17,18). The van der Waals surface area contributed by atoms with Crippen molar-refractivity contribution in [2.24, 2.45) is 0 Å². The van der Waals surface area contributed by atoms with E-state index in [0.717, 1.165) is 0 Å². The van der Waals surface area contributed by atoms with Gasteiger partial charge >= 0.3 is 12.0 Å². The van der Waals surface area contributed by atoms with E-state index in [1.807, 2.05) is 0 Å². The van der Waals surface area contributed by atoms with Crippen molar-refractivity contribution in [3.63, 3.8) is 0 Å². The molecule has 3 N–H and O–H groups in total. The number of halogens is 1. The van der Waals surface area contributed by atoms with E-state index in [0.29, 0.717) is 5.56 Å². The van der Waals surface area contributed by atoms with Crippen LogP contribution in [0.3, 0.4) is 0 Å². The van der Waals surface area contributed by atoms with Crippen molar-refractivity contribution in [1.82, 2.24) is 10.2 Å². The summed E-state index contributed by atoms with van der Waals surface area (Å²) in [5, 5.41) is 19.6. The number of nitrogens with one attached hydrogen (secondary N) is 1. The molecule has 6 nitrogen and oxygen atoms in total. The van der Waals surface area contributed by atoms with Gasteiger partial charge in [0.15, 0.2) is 6.04 Å². The molecule has 0 aliphatic rings. The second kappa shape index (κ2) is 6.69. The van der Waals surface area contributed by atoms with Crippen LogP contribution >= 0.6 is 0 Å².